The molecule has 0 bridgehead atoms. The Morgan fingerprint density at radius 1 is 1.03 bits per heavy atom. The Bertz CT molecular complexity index is 1230. The molecule has 2 saturated heterocycles. The van der Waals surface area contributed by atoms with Crippen molar-refractivity contribution in [2.75, 3.05) is 36.1 Å². The van der Waals surface area contributed by atoms with Crippen LogP contribution in [-0.4, -0.2) is 62.2 Å². The average Bonchev–Trinajstić information content (AvgIpc) is 3.14. The Kier molecular flexibility index (Phi) is 6.64. The summed E-state index contributed by atoms with van der Waals surface area (Å²) in [5, 5.41) is 2.84. The van der Waals surface area contributed by atoms with Gasteiger partial charge in [-0.15, -0.1) is 0 Å². The lowest BCUT2D eigenvalue weighted by atomic mass is 10.0. The molecule has 1 atom stereocenters. The van der Waals surface area contributed by atoms with Gasteiger partial charge in [0.25, 0.3) is 0 Å². The fraction of sp³-hybridized carbons (Fsp3) is 0.455. The van der Waals surface area contributed by atoms with E-state index in [2.05, 4.69) is 10.3 Å². The van der Waals surface area contributed by atoms with Crippen molar-refractivity contribution in [3.05, 3.63) is 47.7 Å². The molecule has 1 amide bonds. The maximum atomic E-state index is 14.4. The van der Waals surface area contributed by atoms with Crippen LogP contribution in [0.5, 0.6) is 0 Å². The molecule has 2 aliphatic rings. The second kappa shape index (κ2) is 9.25. The summed E-state index contributed by atoms with van der Waals surface area (Å²) in [6, 6.07) is 3.05. The van der Waals surface area contributed by atoms with Gasteiger partial charge < -0.3 is 15.1 Å². The summed E-state index contributed by atoms with van der Waals surface area (Å²) in [6.45, 7) is 1.05. The van der Waals surface area contributed by atoms with Gasteiger partial charge in [-0.1, -0.05) is 0 Å². The molecule has 2 aliphatic heterocycles. The molecule has 0 spiro atoms. The Labute approximate surface area is 198 Å². The highest BCUT2D eigenvalue weighted by Gasteiger charge is 2.38. The standard InChI is InChI=1S/C22H23F5N4O3S/c1-35(33,34)15-2-3-18(16(23)11-15)29-19-6-9-31(21(19)32)14-4-7-30(8-5-14)20-17(24)10-13(12-28-20)22(25,26)27/h2-3,10-12,14,19,29H,4-9H2,1H3. The van der Waals surface area contributed by atoms with Gasteiger partial charge in [0.05, 0.1) is 16.1 Å². The largest absolute Gasteiger partial charge is 0.417 e. The highest BCUT2D eigenvalue weighted by Crippen LogP contribution is 2.32. The molecule has 35 heavy (non-hydrogen) atoms. The number of anilines is 2. The molecule has 0 saturated carbocycles. The van der Waals surface area contributed by atoms with Gasteiger partial charge in [-0.3, -0.25) is 4.79 Å². The van der Waals surface area contributed by atoms with Crippen LogP contribution in [0.3, 0.4) is 0 Å². The van der Waals surface area contributed by atoms with Crippen LogP contribution in [-0.2, 0) is 20.8 Å². The number of likely N-dealkylation sites (tertiary alicyclic amines) is 1. The molecule has 13 heteroatoms. The van der Waals surface area contributed by atoms with E-state index in [-0.39, 0.29) is 28.3 Å². The van der Waals surface area contributed by atoms with Gasteiger partial charge in [0.1, 0.15) is 11.9 Å². The number of piperidine rings is 1. The van der Waals surface area contributed by atoms with E-state index in [1.165, 1.54) is 12.1 Å². The number of rotatable bonds is 5. The minimum absolute atomic E-state index is 0.0243. The van der Waals surface area contributed by atoms with Crippen LogP contribution in [0.1, 0.15) is 24.8 Å². The number of hydrogen-bond donors (Lipinski definition) is 1. The molecule has 0 aliphatic carbocycles. The van der Waals surface area contributed by atoms with Gasteiger partial charge in [-0.05, 0) is 43.5 Å². The van der Waals surface area contributed by atoms with Crippen LogP contribution in [0.2, 0.25) is 0 Å². The average molecular weight is 519 g/mol. The number of benzene rings is 1. The van der Waals surface area contributed by atoms with Crippen LogP contribution >= 0.6 is 0 Å². The molecule has 2 aromatic rings. The zero-order valence-corrected chi connectivity index (χ0v) is 19.5. The Morgan fingerprint density at radius 3 is 2.29 bits per heavy atom. The third-order valence-corrected chi connectivity index (χ3v) is 7.40. The molecular formula is C22H23F5N4O3S. The molecule has 7 nitrogen and oxygen atoms in total. The summed E-state index contributed by atoms with van der Waals surface area (Å²) in [6.07, 6.45) is -1.75. The summed E-state index contributed by atoms with van der Waals surface area (Å²) >= 11 is 0. The van der Waals surface area contributed by atoms with Gasteiger partial charge >= 0.3 is 6.18 Å². The summed E-state index contributed by atoms with van der Waals surface area (Å²) in [4.78, 5) is 19.7. The van der Waals surface area contributed by atoms with Gasteiger partial charge in [-0.25, -0.2) is 22.2 Å². The van der Waals surface area contributed by atoms with Crippen molar-refractivity contribution in [2.24, 2.45) is 0 Å². The summed E-state index contributed by atoms with van der Waals surface area (Å²) in [5.41, 5.74) is -1.13. The lowest BCUT2D eigenvalue weighted by molar-refractivity contribution is -0.138. The number of halogens is 5. The van der Waals surface area contributed by atoms with Gasteiger partial charge in [-0.2, -0.15) is 13.2 Å². The maximum Gasteiger partial charge on any atom is 0.417 e. The number of carbonyl (C=O) groups is 1. The van der Waals surface area contributed by atoms with Crippen molar-refractivity contribution in [3.8, 4) is 0 Å². The maximum absolute atomic E-state index is 14.4. The van der Waals surface area contributed by atoms with Crippen molar-refractivity contribution in [1.29, 1.82) is 0 Å². The monoisotopic (exact) mass is 518 g/mol. The molecule has 3 heterocycles. The van der Waals surface area contributed by atoms with E-state index in [0.717, 1.165) is 12.3 Å². The SMILES string of the molecule is CS(=O)(=O)c1ccc(NC2CCN(C3CCN(c4ncc(C(F)(F)F)cc4F)CC3)C2=O)c(F)c1. The van der Waals surface area contributed by atoms with E-state index >= 15 is 0 Å². The Morgan fingerprint density at radius 2 is 1.71 bits per heavy atom. The normalized spacial score (nSPS) is 19.9. The first-order chi connectivity index (χ1) is 16.3. The second-order valence-corrected chi connectivity index (χ2v) is 10.7. The molecule has 0 radical (unpaired) electrons. The van der Waals surface area contributed by atoms with E-state index < -0.39 is 39.3 Å². The molecule has 1 N–H and O–H groups in total. The molecular weight excluding hydrogens is 495 g/mol. The zero-order chi connectivity index (χ0) is 25.5. The fourth-order valence-electron chi connectivity index (χ4n) is 4.44. The smallest absolute Gasteiger partial charge is 0.371 e. The topological polar surface area (TPSA) is 82.6 Å². The van der Waals surface area contributed by atoms with Gasteiger partial charge in [0, 0.05) is 38.1 Å². The number of hydrogen-bond acceptors (Lipinski definition) is 6. The number of nitrogens with zero attached hydrogens (tertiary/aromatic N) is 3. The minimum Gasteiger partial charge on any atom is -0.371 e. The van der Waals surface area contributed by atoms with Gasteiger partial charge in [0.15, 0.2) is 21.5 Å². The van der Waals surface area contributed by atoms with Crippen LogP contribution in [0.4, 0.5) is 33.5 Å². The van der Waals surface area contributed by atoms with Gasteiger partial charge in [0.2, 0.25) is 5.91 Å². The summed E-state index contributed by atoms with van der Waals surface area (Å²) < 4.78 is 90.1. The van der Waals surface area contributed by atoms with Crippen LogP contribution in [0, 0.1) is 11.6 Å². The van der Waals surface area contributed by atoms with Crippen LogP contribution in [0.15, 0.2) is 35.4 Å². The van der Waals surface area contributed by atoms with E-state index in [4.69, 9.17) is 0 Å². The highest BCUT2D eigenvalue weighted by molar-refractivity contribution is 7.90. The first-order valence-corrected chi connectivity index (χ1v) is 12.8. The molecule has 4 rings (SSSR count). The number of carbonyl (C=O) groups excluding carboxylic acids is 1. The number of nitrogens with one attached hydrogen (secondary N) is 1. The van der Waals surface area contributed by atoms with E-state index in [1.807, 2.05) is 0 Å². The minimum atomic E-state index is -4.68. The number of pyridine rings is 1. The zero-order valence-electron chi connectivity index (χ0n) is 18.6. The first kappa shape index (κ1) is 25.1. The predicted molar refractivity (Wildman–Crippen MR) is 118 cm³/mol. The van der Waals surface area contributed by atoms with Crippen molar-refractivity contribution in [1.82, 2.24) is 9.88 Å². The van der Waals surface area contributed by atoms with Crippen molar-refractivity contribution in [2.45, 2.75) is 42.4 Å². The van der Waals surface area contributed by atoms with Crippen molar-refractivity contribution in [3.63, 3.8) is 0 Å². The van der Waals surface area contributed by atoms with E-state index in [0.29, 0.717) is 51.2 Å². The molecule has 1 aromatic heterocycles. The Hall–Kier alpha value is -2.96. The lowest BCUT2D eigenvalue weighted by Crippen LogP contribution is -2.47. The highest BCUT2D eigenvalue weighted by atomic mass is 32.2. The van der Waals surface area contributed by atoms with E-state index in [1.54, 1.807) is 9.80 Å². The van der Waals surface area contributed by atoms with Crippen LogP contribution in [0.25, 0.3) is 0 Å². The predicted octanol–water partition coefficient (Wildman–Crippen LogP) is 3.46. The first-order valence-electron chi connectivity index (χ1n) is 10.9. The number of aromatic nitrogens is 1. The van der Waals surface area contributed by atoms with Crippen molar-refractivity contribution >= 4 is 27.2 Å². The number of alkyl halides is 3. The summed E-state index contributed by atoms with van der Waals surface area (Å²) in [7, 11) is -3.56. The Balaban J connectivity index is 1.36. The van der Waals surface area contributed by atoms with E-state index in [9.17, 15) is 35.2 Å². The molecule has 190 valence electrons. The van der Waals surface area contributed by atoms with Crippen LogP contribution < -0.4 is 10.2 Å². The number of sulfone groups is 1. The van der Waals surface area contributed by atoms with Crippen molar-refractivity contribution < 1.29 is 35.2 Å². The molecule has 2 fully saturated rings. The fourth-order valence-corrected chi connectivity index (χ4v) is 5.07. The third-order valence-electron chi connectivity index (χ3n) is 6.29. The summed E-state index contributed by atoms with van der Waals surface area (Å²) in [5.74, 6) is -2.21. The number of amides is 1. The molecule has 1 aromatic carbocycles. The quantitative estimate of drug-likeness (QED) is 0.611. The third kappa shape index (κ3) is 5.34. The lowest BCUT2D eigenvalue weighted by Gasteiger charge is -2.37. The second-order valence-electron chi connectivity index (χ2n) is 8.68. The molecule has 1 unspecified atom stereocenters.